The average Bonchev–Trinajstić information content (AvgIpc) is 2.81. The van der Waals surface area contributed by atoms with Crippen molar-refractivity contribution in [1.29, 1.82) is 0 Å². The second kappa shape index (κ2) is 6.39. The van der Waals surface area contributed by atoms with E-state index in [1.54, 1.807) is 12.3 Å². The van der Waals surface area contributed by atoms with Gasteiger partial charge in [0.1, 0.15) is 17.3 Å². The fraction of sp³-hybridized carbons (Fsp3) is 0.235. The molecule has 4 heteroatoms. The highest BCUT2D eigenvalue weighted by Gasteiger charge is 2.08. The number of benzene rings is 1. The molecule has 0 spiro atoms. The quantitative estimate of drug-likeness (QED) is 0.733. The molecule has 21 heavy (non-hydrogen) atoms. The van der Waals surface area contributed by atoms with Gasteiger partial charge in [0, 0.05) is 18.6 Å². The molecule has 0 aliphatic rings. The van der Waals surface area contributed by atoms with Gasteiger partial charge >= 0.3 is 0 Å². The first-order chi connectivity index (χ1) is 10.1. The maximum absolute atomic E-state index is 13.8. The van der Waals surface area contributed by atoms with Gasteiger partial charge < -0.3 is 9.88 Å². The predicted molar refractivity (Wildman–Crippen MR) is 86.5 cm³/mol. The number of rotatable bonds is 2. The van der Waals surface area contributed by atoms with Crippen LogP contribution in [-0.2, 0) is 7.05 Å². The van der Waals surface area contributed by atoms with E-state index in [1.165, 1.54) is 6.07 Å². The molecule has 0 saturated carbocycles. The summed E-state index contributed by atoms with van der Waals surface area (Å²) in [6.45, 7) is 5.87. The molecule has 3 rings (SSSR count). The van der Waals surface area contributed by atoms with Crippen molar-refractivity contribution in [2.24, 2.45) is 7.05 Å². The van der Waals surface area contributed by atoms with Crippen LogP contribution in [0.2, 0.25) is 0 Å². The molecule has 3 nitrogen and oxygen atoms in total. The topological polar surface area (TPSA) is 29.9 Å². The van der Waals surface area contributed by atoms with E-state index in [0.717, 1.165) is 22.4 Å². The number of anilines is 2. The molecule has 0 unspecified atom stereocenters. The average molecular weight is 285 g/mol. The molecule has 3 aromatic rings. The van der Waals surface area contributed by atoms with Gasteiger partial charge in [-0.1, -0.05) is 19.9 Å². The summed E-state index contributed by atoms with van der Waals surface area (Å²) in [6.07, 6.45) is 1.75. The Labute approximate surface area is 124 Å². The molecule has 0 aliphatic heterocycles. The third-order valence-electron chi connectivity index (χ3n) is 3.18. The Morgan fingerprint density at radius 3 is 2.57 bits per heavy atom. The standard InChI is InChI=1S/C15H14FN3.C2H6/c1-10-5-6-13(12(16)8-10)18-14-9-11-4-3-7-17-15(11)19(14)2;1-2/h3-9,18H,1-2H3;1-2H3. The van der Waals surface area contributed by atoms with Crippen LogP contribution < -0.4 is 5.32 Å². The molecular weight excluding hydrogens is 265 g/mol. The van der Waals surface area contributed by atoms with Gasteiger partial charge in [-0.3, -0.25) is 0 Å². The largest absolute Gasteiger partial charge is 0.339 e. The second-order valence-electron chi connectivity index (χ2n) is 4.61. The summed E-state index contributed by atoms with van der Waals surface area (Å²) in [5.74, 6) is 0.565. The molecule has 2 aromatic heterocycles. The highest BCUT2D eigenvalue weighted by molar-refractivity contribution is 5.82. The smallest absolute Gasteiger partial charge is 0.146 e. The molecule has 0 amide bonds. The summed E-state index contributed by atoms with van der Waals surface area (Å²) >= 11 is 0. The van der Waals surface area contributed by atoms with E-state index in [9.17, 15) is 4.39 Å². The van der Waals surface area contributed by atoms with Crippen LogP contribution in [0.25, 0.3) is 11.0 Å². The van der Waals surface area contributed by atoms with Crippen LogP contribution >= 0.6 is 0 Å². The molecule has 2 heterocycles. The lowest BCUT2D eigenvalue weighted by Gasteiger charge is -2.09. The van der Waals surface area contributed by atoms with Crippen LogP contribution in [0.5, 0.6) is 0 Å². The minimum atomic E-state index is -0.252. The lowest BCUT2D eigenvalue weighted by molar-refractivity contribution is 0.630. The van der Waals surface area contributed by atoms with Crippen LogP contribution in [0.3, 0.4) is 0 Å². The molecule has 0 aliphatic carbocycles. The highest BCUT2D eigenvalue weighted by Crippen LogP contribution is 2.25. The Morgan fingerprint density at radius 2 is 1.90 bits per heavy atom. The van der Waals surface area contributed by atoms with Crippen molar-refractivity contribution in [2.45, 2.75) is 20.8 Å². The molecule has 0 atom stereocenters. The van der Waals surface area contributed by atoms with Crippen LogP contribution in [-0.4, -0.2) is 9.55 Å². The zero-order valence-electron chi connectivity index (χ0n) is 12.8. The number of pyridine rings is 1. The van der Waals surface area contributed by atoms with E-state index in [-0.39, 0.29) is 5.82 Å². The highest BCUT2D eigenvalue weighted by atomic mass is 19.1. The zero-order valence-corrected chi connectivity index (χ0v) is 12.8. The monoisotopic (exact) mass is 285 g/mol. The number of aromatic nitrogens is 2. The first-order valence-electron chi connectivity index (χ1n) is 7.09. The zero-order chi connectivity index (χ0) is 15.4. The third-order valence-corrected chi connectivity index (χ3v) is 3.18. The van der Waals surface area contributed by atoms with Gasteiger partial charge in [-0.05, 0) is 42.8 Å². The van der Waals surface area contributed by atoms with Gasteiger partial charge in [-0.2, -0.15) is 0 Å². The summed E-state index contributed by atoms with van der Waals surface area (Å²) in [5.41, 5.74) is 2.25. The van der Waals surface area contributed by atoms with E-state index in [2.05, 4.69) is 10.3 Å². The summed E-state index contributed by atoms with van der Waals surface area (Å²) in [6, 6.07) is 11.0. The van der Waals surface area contributed by atoms with E-state index in [0.29, 0.717) is 5.69 Å². The Morgan fingerprint density at radius 1 is 1.14 bits per heavy atom. The number of fused-ring (bicyclic) bond motifs is 1. The maximum atomic E-state index is 13.8. The lowest BCUT2D eigenvalue weighted by atomic mass is 10.2. The third kappa shape index (κ3) is 3.05. The Balaban J connectivity index is 0.000000774. The van der Waals surface area contributed by atoms with Gasteiger partial charge in [0.05, 0.1) is 5.69 Å². The van der Waals surface area contributed by atoms with Crippen LogP contribution in [0.1, 0.15) is 19.4 Å². The number of aryl methyl sites for hydroxylation is 2. The van der Waals surface area contributed by atoms with Crippen molar-refractivity contribution in [3.8, 4) is 0 Å². The molecular formula is C17H20FN3. The van der Waals surface area contributed by atoms with E-state index >= 15 is 0 Å². The Bertz CT molecular complexity index is 747. The molecule has 0 radical (unpaired) electrons. The number of nitrogens with one attached hydrogen (secondary N) is 1. The molecule has 0 fully saturated rings. The first kappa shape index (κ1) is 15.0. The molecule has 110 valence electrons. The number of nitrogens with zero attached hydrogens (tertiary/aromatic N) is 2. The van der Waals surface area contributed by atoms with Gasteiger partial charge in [0.2, 0.25) is 0 Å². The van der Waals surface area contributed by atoms with Crippen LogP contribution in [0.4, 0.5) is 15.9 Å². The molecule has 0 saturated heterocycles. The number of halogens is 1. The van der Waals surface area contributed by atoms with Crippen LogP contribution in [0.15, 0.2) is 42.6 Å². The molecule has 1 N–H and O–H groups in total. The fourth-order valence-corrected chi connectivity index (χ4v) is 2.14. The number of hydrogen-bond donors (Lipinski definition) is 1. The SMILES string of the molecule is CC.Cc1ccc(Nc2cc3cccnc3n2C)c(F)c1. The minimum absolute atomic E-state index is 0.252. The normalized spacial score (nSPS) is 10.1. The molecule has 1 aromatic carbocycles. The van der Waals surface area contributed by atoms with E-state index in [1.807, 2.05) is 56.7 Å². The second-order valence-corrected chi connectivity index (χ2v) is 4.61. The maximum Gasteiger partial charge on any atom is 0.146 e. The van der Waals surface area contributed by atoms with Gasteiger partial charge in [0.25, 0.3) is 0 Å². The summed E-state index contributed by atoms with van der Waals surface area (Å²) in [5, 5.41) is 4.13. The summed E-state index contributed by atoms with van der Waals surface area (Å²) in [7, 11) is 1.91. The fourth-order valence-electron chi connectivity index (χ4n) is 2.14. The first-order valence-corrected chi connectivity index (χ1v) is 7.09. The van der Waals surface area contributed by atoms with Crippen molar-refractivity contribution in [3.05, 3.63) is 54.0 Å². The van der Waals surface area contributed by atoms with Crippen molar-refractivity contribution in [1.82, 2.24) is 9.55 Å². The van der Waals surface area contributed by atoms with Gasteiger partial charge in [-0.25, -0.2) is 9.37 Å². The summed E-state index contributed by atoms with van der Waals surface area (Å²) in [4.78, 5) is 4.31. The summed E-state index contributed by atoms with van der Waals surface area (Å²) < 4.78 is 15.7. The van der Waals surface area contributed by atoms with Crippen molar-refractivity contribution in [2.75, 3.05) is 5.32 Å². The lowest BCUT2D eigenvalue weighted by Crippen LogP contribution is -2.00. The van der Waals surface area contributed by atoms with E-state index in [4.69, 9.17) is 0 Å². The number of hydrogen-bond acceptors (Lipinski definition) is 2. The predicted octanol–water partition coefficient (Wildman–Crippen LogP) is 4.79. The van der Waals surface area contributed by atoms with Crippen molar-refractivity contribution in [3.63, 3.8) is 0 Å². The minimum Gasteiger partial charge on any atom is -0.339 e. The van der Waals surface area contributed by atoms with Crippen molar-refractivity contribution < 1.29 is 4.39 Å². The van der Waals surface area contributed by atoms with Gasteiger partial charge in [0.15, 0.2) is 0 Å². The van der Waals surface area contributed by atoms with Gasteiger partial charge in [-0.15, -0.1) is 0 Å². The Hall–Kier alpha value is -2.36. The van der Waals surface area contributed by atoms with Crippen LogP contribution in [0, 0.1) is 12.7 Å². The molecule has 0 bridgehead atoms. The van der Waals surface area contributed by atoms with Crippen molar-refractivity contribution >= 4 is 22.5 Å². The van der Waals surface area contributed by atoms with E-state index < -0.39 is 0 Å². The Kier molecular flexibility index (Phi) is 4.58.